The minimum absolute atomic E-state index is 0.117. The normalized spacial score (nSPS) is 13.3. The molecule has 0 spiro atoms. The molecule has 0 saturated carbocycles. The summed E-state index contributed by atoms with van der Waals surface area (Å²) in [7, 11) is -5.79. The van der Waals surface area contributed by atoms with Crippen molar-refractivity contribution in [3.05, 3.63) is 72.3 Å². The molecule has 164 valence electrons. The highest BCUT2D eigenvalue weighted by atomic mass is 32.2. The number of likely N-dealkylation sites (N-methyl/N-ethyl adjacent to an activating group) is 1. The molecule has 0 unspecified atom stereocenters. The van der Waals surface area contributed by atoms with E-state index in [1.54, 1.807) is 31.2 Å². The lowest BCUT2D eigenvalue weighted by Gasteiger charge is -2.20. The van der Waals surface area contributed by atoms with Crippen LogP contribution >= 0.6 is 0 Å². The Hall–Kier alpha value is -2.75. The molecule has 0 heterocycles. The first-order valence-electron chi connectivity index (χ1n) is 9.53. The quantitative estimate of drug-likeness (QED) is 0.584. The van der Waals surface area contributed by atoms with Crippen molar-refractivity contribution < 1.29 is 21.6 Å². The summed E-state index contributed by atoms with van der Waals surface area (Å²) >= 11 is 0. The van der Waals surface area contributed by atoms with Gasteiger partial charge in [-0.15, -0.1) is 0 Å². The number of fused-ring (bicyclic) bond motifs is 1. The Morgan fingerprint density at radius 3 is 2.10 bits per heavy atom. The van der Waals surface area contributed by atoms with Crippen LogP contribution < -0.4 is 5.32 Å². The maximum Gasteiger partial charge on any atom is 0.243 e. The molecule has 0 bridgehead atoms. The summed E-state index contributed by atoms with van der Waals surface area (Å²) in [6.07, 6.45) is 1.12. The molecule has 1 atom stereocenters. The number of rotatable bonds is 7. The highest BCUT2D eigenvalue weighted by Gasteiger charge is 2.24. The number of sulfonamides is 1. The van der Waals surface area contributed by atoms with Crippen molar-refractivity contribution in [3.8, 4) is 0 Å². The summed E-state index contributed by atoms with van der Waals surface area (Å²) in [5.74, 6) is -0.466. The molecule has 0 radical (unpaired) electrons. The van der Waals surface area contributed by atoms with Gasteiger partial charge in [0.1, 0.15) is 0 Å². The van der Waals surface area contributed by atoms with Crippen molar-refractivity contribution >= 4 is 36.5 Å². The van der Waals surface area contributed by atoms with Gasteiger partial charge in [0.15, 0.2) is 9.84 Å². The minimum atomic E-state index is -3.84. The van der Waals surface area contributed by atoms with E-state index in [0.29, 0.717) is 5.56 Å². The maximum atomic E-state index is 12.9. The van der Waals surface area contributed by atoms with Crippen LogP contribution in [0.15, 0.2) is 76.5 Å². The maximum absolute atomic E-state index is 12.9. The minimum Gasteiger partial charge on any atom is -0.348 e. The SMILES string of the molecule is C[C@@H](NC(=O)CN(C)S(=O)(=O)c1ccc2ccccc2c1)c1ccc(S(C)(=O)=O)cc1. The van der Waals surface area contributed by atoms with Gasteiger partial charge in [-0.3, -0.25) is 4.79 Å². The Balaban J connectivity index is 1.68. The standard InChI is InChI=1S/C22H24N2O5S2/c1-16(17-8-11-20(12-9-17)30(3,26)27)23-22(25)15-24(2)31(28,29)21-13-10-18-6-4-5-7-19(18)14-21/h4-14,16H,15H2,1-3H3,(H,23,25)/t16-/m1/s1. The highest BCUT2D eigenvalue weighted by Crippen LogP contribution is 2.21. The Labute approximate surface area is 182 Å². The van der Waals surface area contributed by atoms with Crippen LogP contribution in [-0.2, 0) is 24.7 Å². The van der Waals surface area contributed by atoms with Gasteiger partial charge in [-0.25, -0.2) is 16.8 Å². The fraction of sp³-hybridized carbons (Fsp3) is 0.227. The number of carbonyl (C=O) groups is 1. The second-order valence-corrected chi connectivity index (χ2v) is 11.5. The first kappa shape index (κ1) is 22.9. The molecule has 3 aromatic rings. The number of amides is 1. The van der Waals surface area contributed by atoms with Crippen molar-refractivity contribution in [2.24, 2.45) is 0 Å². The molecule has 1 N–H and O–H groups in total. The molecule has 0 aliphatic carbocycles. The van der Waals surface area contributed by atoms with Crippen molar-refractivity contribution in [1.29, 1.82) is 0 Å². The molecular formula is C22H24N2O5S2. The van der Waals surface area contributed by atoms with Gasteiger partial charge in [-0.2, -0.15) is 4.31 Å². The van der Waals surface area contributed by atoms with Crippen LogP contribution in [0.2, 0.25) is 0 Å². The number of nitrogens with one attached hydrogen (secondary N) is 1. The van der Waals surface area contributed by atoms with Gasteiger partial charge < -0.3 is 5.32 Å². The van der Waals surface area contributed by atoms with E-state index in [-0.39, 0.29) is 16.3 Å². The van der Waals surface area contributed by atoms with Crippen LogP contribution in [0.25, 0.3) is 10.8 Å². The number of benzene rings is 3. The average molecular weight is 461 g/mol. The molecule has 0 aliphatic heterocycles. The largest absolute Gasteiger partial charge is 0.348 e. The van der Waals surface area contributed by atoms with E-state index in [4.69, 9.17) is 0 Å². The monoisotopic (exact) mass is 460 g/mol. The van der Waals surface area contributed by atoms with Gasteiger partial charge in [0.25, 0.3) is 0 Å². The predicted octanol–water partition coefficient (Wildman–Crippen LogP) is 2.74. The molecule has 31 heavy (non-hydrogen) atoms. The molecule has 0 saturated heterocycles. The van der Waals surface area contributed by atoms with Gasteiger partial charge in [-0.1, -0.05) is 42.5 Å². The topological polar surface area (TPSA) is 101 Å². The predicted molar refractivity (Wildman–Crippen MR) is 120 cm³/mol. The number of carbonyl (C=O) groups excluding carboxylic acids is 1. The summed E-state index contributed by atoms with van der Waals surface area (Å²) < 4.78 is 49.9. The molecule has 0 aromatic heterocycles. The first-order valence-corrected chi connectivity index (χ1v) is 12.9. The molecule has 3 aromatic carbocycles. The molecule has 0 aliphatic rings. The zero-order valence-electron chi connectivity index (χ0n) is 17.4. The third kappa shape index (κ3) is 5.30. The Morgan fingerprint density at radius 1 is 0.903 bits per heavy atom. The fourth-order valence-corrected chi connectivity index (χ4v) is 4.96. The van der Waals surface area contributed by atoms with Crippen LogP contribution in [-0.4, -0.2) is 46.9 Å². The van der Waals surface area contributed by atoms with Crippen molar-refractivity contribution in [3.63, 3.8) is 0 Å². The first-order chi connectivity index (χ1) is 14.5. The van der Waals surface area contributed by atoms with Crippen LogP contribution in [0, 0.1) is 0 Å². The summed E-state index contributed by atoms with van der Waals surface area (Å²) in [5, 5.41) is 4.47. The van der Waals surface area contributed by atoms with Gasteiger partial charge >= 0.3 is 0 Å². The Bertz CT molecular complexity index is 1320. The number of sulfone groups is 1. The zero-order valence-corrected chi connectivity index (χ0v) is 19.1. The number of hydrogen-bond donors (Lipinski definition) is 1. The molecule has 0 fully saturated rings. The second kappa shape index (κ2) is 8.78. The van der Waals surface area contributed by atoms with E-state index >= 15 is 0 Å². The summed E-state index contributed by atoms with van der Waals surface area (Å²) in [6, 6.07) is 18.1. The van der Waals surface area contributed by atoms with Gasteiger partial charge in [0.2, 0.25) is 15.9 Å². The summed E-state index contributed by atoms with van der Waals surface area (Å²) in [6.45, 7) is 1.39. The summed E-state index contributed by atoms with van der Waals surface area (Å²) in [5.41, 5.74) is 0.709. The van der Waals surface area contributed by atoms with Gasteiger partial charge in [-0.05, 0) is 47.5 Å². The van der Waals surface area contributed by atoms with E-state index in [1.165, 1.54) is 25.2 Å². The zero-order chi connectivity index (χ0) is 22.8. The van der Waals surface area contributed by atoms with Crippen LogP contribution in [0.5, 0.6) is 0 Å². The van der Waals surface area contributed by atoms with Crippen molar-refractivity contribution in [2.75, 3.05) is 19.8 Å². The summed E-state index contributed by atoms with van der Waals surface area (Å²) in [4.78, 5) is 12.7. The van der Waals surface area contributed by atoms with Crippen LogP contribution in [0.3, 0.4) is 0 Å². The van der Waals surface area contributed by atoms with E-state index in [2.05, 4.69) is 5.32 Å². The van der Waals surface area contributed by atoms with Crippen LogP contribution in [0.1, 0.15) is 18.5 Å². The molecule has 7 nitrogen and oxygen atoms in total. The van der Waals surface area contributed by atoms with Crippen molar-refractivity contribution in [1.82, 2.24) is 9.62 Å². The van der Waals surface area contributed by atoms with E-state index in [0.717, 1.165) is 21.3 Å². The molecule has 3 rings (SSSR count). The lowest BCUT2D eigenvalue weighted by atomic mass is 10.1. The third-order valence-electron chi connectivity index (χ3n) is 4.98. The smallest absolute Gasteiger partial charge is 0.243 e. The molecule has 1 amide bonds. The molecular weight excluding hydrogens is 436 g/mol. The Morgan fingerprint density at radius 2 is 1.48 bits per heavy atom. The van der Waals surface area contributed by atoms with Crippen molar-refractivity contribution in [2.45, 2.75) is 22.8 Å². The lowest BCUT2D eigenvalue weighted by Crippen LogP contribution is -2.39. The number of hydrogen-bond acceptors (Lipinski definition) is 5. The third-order valence-corrected chi connectivity index (χ3v) is 7.91. The van der Waals surface area contributed by atoms with E-state index in [1.807, 2.05) is 24.3 Å². The second-order valence-electron chi connectivity index (χ2n) is 7.40. The van der Waals surface area contributed by atoms with Crippen LogP contribution in [0.4, 0.5) is 0 Å². The Kier molecular flexibility index (Phi) is 6.49. The highest BCUT2D eigenvalue weighted by molar-refractivity contribution is 7.90. The van der Waals surface area contributed by atoms with E-state index in [9.17, 15) is 21.6 Å². The molecule has 9 heteroatoms. The average Bonchev–Trinajstić information content (AvgIpc) is 2.72. The lowest BCUT2D eigenvalue weighted by molar-refractivity contribution is -0.121. The van der Waals surface area contributed by atoms with Gasteiger partial charge in [0.05, 0.1) is 22.4 Å². The van der Waals surface area contributed by atoms with Gasteiger partial charge in [0, 0.05) is 13.3 Å². The number of nitrogens with zero attached hydrogens (tertiary/aromatic N) is 1. The fourth-order valence-electron chi connectivity index (χ4n) is 3.17. The van der Waals surface area contributed by atoms with E-state index < -0.39 is 31.8 Å².